The average Bonchev–Trinajstić information content (AvgIpc) is 2.46. The van der Waals surface area contributed by atoms with E-state index in [2.05, 4.69) is 49.3 Å². The molecule has 0 radical (unpaired) electrons. The van der Waals surface area contributed by atoms with Gasteiger partial charge in [-0.05, 0) is 49.5 Å². The molecule has 0 fully saturated rings. The monoisotopic (exact) mass is 266 g/mol. The van der Waals surface area contributed by atoms with Crippen molar-refractivity contribution in [3.8, 4) is 11.8 Å². The first-order chi connectivity index (χ1) is 9.67. The summed E-state index contributed by atoms with van der Waals surface area (Å²) in [6.45, 7) is 1.48. The SMILES string of the molecule is CN(C)Cc1ccc(COc2ccc(C#N)cc2)cc1. The molecular formula is C17H18N2O. The van der Waals surface area contributed by atoms with E-state index in [4.69, 9.17) is 10.00 Å². The van der Waals surface area contributed by atoms with E-state index in [9.17, 15) is 0 Å². The van der Waals surface area contributed by atoms with Crippen LogP contribution in [0.15, 0.2) is 48.5 Å². The summed E-state index contributed by atoms with van der Waals surface area (Å²) in [4.78, 5) is 2.14. The molecular weight excluding hydrogens is 248 g/mol. The first-order valence-corrected chi connectivity index (χ1v) is 6.53. The van der Waals surface area contributed by atoms with Crippen molar-refractivity contribution in [2.24, 2.45) is 0 Å². The zero-order valence-corrected chi connectivity index (χ0v) is 11.8. The number of nitrogens with zero attached hydrogens (tertiary/aromatic N) is 2. The van der Waals surface area contributed by atoms with Crippen molar-refractivity contribution in [3.05, 3.63) is 65.2 Å². The molecule has 0 unspecified atom stereocenters. The van der Waals surface area contributed by atoms with Crippen molar-refractivity contribution in [2.75, 3.05) is 14.1 Å². The molecule has 0 aliphatic carbocycles. The van der Waals surface area contributed by atoms with Crippen LogP contribution in [-0.2, 0) is 13.2 Å². The van der Waals surface area contributed by atoms with Crippen molar-refractivity contribution in [3.63, 3.8) is 0 Å². The highest BCUT2D eigenvalue weighted by Gasteiger charge is 1.99. The maximum absolute atomic E-state index is 8.73. The number of benzene rings is 2. The smallest absolute Gasteiger partial charge is 0.119 e. The summed E-state index contributed by atoms with van der Waals surface area (Å²) in [5.41, 5.74) is 3.07. The fourth-order valence-corrected chi connectivity index (χ4v) is 1.90. The molecule has 0 spiro atoms. The predicted octanol–water partition coefficient (Wildman–Crippen LogP) is 3.20. The van der Waals surface area contributed by atoms with Gasteiger partial charge in [0.25, 0.3) is 0 Å². The maximum Gasteiger partial charge on any atom is 0.119 e. The quantitative estimate of drug-likeness (QED) is 0.833. The molecule has 0 atom stereocenters. The van der Waals surface area contributed by atoms with Gasteiger partial charge in [-0.3, -0.25) is 0 Å². The normalized spacial score (nSPS) is 10.3. The van der Waals surface area contributed by atoms with Crippen LogP contribution >= 0.6 is 0 Å². The van der Waals surface area contributed by atoms with E-state index in [1.807, 2.05) is 12.1 Å². The Balaban J connectivity index is 1.91. The largest absolute Gasteiger partial charge is 0.489 e. The van der Waals surface area contributed by atoms with Crippen LogP contribution in [0.2, 0.25) is 0 Å². The van der Waals surface area contributed by atoms with Crippen molar-refractivity contribution in [2.45, 2.75) is 13.2 Å². The van der Waals surface area contributed by atoms with Crippen molar-refractivity contribution >= 4 is 0 Å². The van der Waals surface area contributed by atoms with Gasteiger partial charge < -0.3 is 9.64 Å². The second-order valence-electron chi connectivity index (χ2n) is 4.98. The number of hydrogen-bond acceptors (Lipinski definition) is 3. The van der Waals surface area contributed by atoms with E-state index in [1.165, 1.54) is 5.56 Å². The second-order valence-corrected chi connectivity index (χ2v) is 4.98. The zero-order valence-electron chi connectivity index (χ0n) is 11.8. The molecule has 2 aromatic carbocycles. The molecule has 0 aliphatic rings. The highest BCUT2D eigenvalue weighted by molar-refractivity contribution is 5.34. The van der Waals surface area contributed by atoms with Gasteiger partial charge in [-0.1, -0.05) is 24.3 Å². The summed E-state index contributed by atoms with van der Waals surface area (Å²) in [6.07, 6.45) is 0. The van der Waals surface area contributed by atoms with Crippen molar-refractivity contribution < 1.29 is 4.74 Å². The van der Waals surface area contributed by atoms with Gasteiger partial charge >= 0.3 is 0 Å². The zero-order chi connectivity index (χ0) is 14.4. The lowest BCUT2D eigenvalue weighted by Gasteiger charge is -2.10. The minimum Gasteiger partial charge on any atom is -0.489 e. The molecule has 0 heterocycles. The molecule has 2 aromatic rings. The standard InChI is InChI=1S/C17H18N2O/c1-19(2)12-15-3-5-16(6-4-15)13-20-17-9-7-14(11-18)8-10-17/h3-10H,12-13H2,1-2H3. The third-order valence-electron chi connectivity index (χ3n) is 2.91. The van der Waals surface area contributed by atoms with Gasteiger partial charge in [-0.25, -0.2) is 0 Å². The predicted molar refractivity (Wildman–Crippen MR) is 79.3 cm³/mol. The molecule has 0 aliphatic heterocycles. The van der Waals surface area contributed by atoms with Crippen LogP contribution in [0.5, 0.6) is 5.75 Å². The fraction of sp³-hybridized carbons (Fsp3) is 0.235. The lowest BCUT2D eigenvalue weighted by Crippen LogP contribution is -2.10. The molecule has 0 saturated heterocycles. The van der Waals surface area contributed by atoms with Crippen LogP contribution in [0.25, 0.3) is 0 Å². The minimum atomic E-state index is 0.536. The summed E-state index contributed by atoms with van der Waals surface area (Å²) < 4.78 is 5.69. The van der Waals surface area contributed by atoms with Crippen LogP contribution < -0.4 is 4.74 Å². The van der Waals surface area contributed by atoms with Crippen molar-refractivity contribution in [1.82, 2.24) is 4.90 Å². The Morgan fingerprint density at radius 2 is 1.55 bits per heavy atom. The summed E-state index contributed by atoms with van der Waals surface area (Å²) in [7, 11) is 4.11. The Bertz CT molecular complexity index is 580. The molecule has 20 heavy (non-hydrogen) atoms. The van der Waals surface area contributed by atoms with E-state index in [1.54, 1.807) is 12.1 Å². The van der Waals surface area contributed by atoms with Gasteiger partial charge in [0.2, 0.25) is 0 Å². The number of nitriles is 1. The molecule has 3 heteroatoms. The highest BCUT2D eigenvalue weighted by Crippen LogP contribution is 2.14. The molecule has 3 nitrogen and oxygen atoms in total. The van der Waals surface area contributed by atoms with Crippen LogP contribution in [0, 0.1) is 11.3 Å². The van der Waals surface area contributed by atoms with Gasteiger partial charge in [0.05, 0.1) is 11.6 Å². The Morgan fingerprint density at radius 3 is 2.10 bits per heavy atom. The first-order valence-electron chi connectivity index (χ1n) is 6.53. The lowest BCUT2D eigenvalue weighted by molar-refractivity contribution is 0.306. The Kier molecular flexibility index (Phi) is 4.75. The second kappa shape index (κ2) is 6.74. The fourth-order valence-electron chi connectivity index (χ4n) is 1.90. The summed E-state index contributed by atoms with van der Waals surface area (Å²) in [5, 5.41) is 8.73. The van der Waals surface area contributed by atoms with Gasteiger partial charge in [0, 0.05) is 6.54 Å². The molecule has 102 valence electrons. The van der Waals surface area contributed by atoms with E-state index in [-0.39, 0.29) is 0 Å². The topological polar surface area (TPSA) is 36.3 Å². The van der Waals surface area contributed by atoms with Crippen molar-refractivity contribution in [1.29, 1.82) is 5.26 Å². The Hall–Kier alpha value is -2.31. The molecule has 2 rings (SSSR count). The van der Waals surface area contributed by atoms with E-state index in [0.29, 0.717) is 12.2 Å². The van der Waals surface area contributed by atoms with Gasteiger partial charge in [-0.15, -0.1) is 0 Å². The highest BCUT2D eigenvalue weighted by atomic mass is 16.5. The van der Waals surface area contributed by atoms with Crippen LogP contribution in [0.4, 0.5) is 0 Å². The van der Waals surface area contributed by atoms with Crippen LogP contribution in [0.3, 0.4) is 0 Å². The number of rotatable bonds is 5. The molecule has 0 bridgehead atoms. The summed E-state index contributed by atoms with van der Waals surface area (Å²) in [5.74, 6) is 0.779. The van der Waals surface area contributed by atoms with E-state index >= 15 is 0 Å². The minimum absolute atomic E-state index is 0.536. The molecule has 0 aromatic heterocycles. The van der Waals surface area contributed by atoms with Crippen LogP contribution in [-0.4, -0.2) is 19.0 Å². The average molecular weight is 266 g/mol. The number of hydrogen-bond donors (Lipinski definition) is 0. The van der Waals surface area contributed by atoms with Gasteiger partial charge in [0.15, 0.2) is 0 Å². The summed E-state index contributed by atoms with van der Waals surface area (Å²) >= 11 is 0. The summed E-state index contributed by atoms with van der Waals surface area (Å²) in [6, 6.07) is 17.7. The van der Waals surface area contributed by atoms with Gasteiger partial charge in [0.1, 0.15) is 12.4 Å². The van der Waals surface area contributed by atoms with Gasteiger partial charge in [-0.2, -0.15) is 5.26 Å². The van der Waals surface area contributed by atoms with Crippen LogP contribution in [0.1, 0.15) is 16.7 Å². The Morgan fingerprint density at radius 1 is 0.950 bits per heavy atom. The number of ether oxygens (including phenoxy) is 1. The third-order valence-corrected chi connectivity index (χ3v) is 2.91. The molecule has 0 saturated carbocycles. The van der Waals surface area contributed by atoms with E-state index in [0.717, 1.165) is 17.9 Å². The molecule has 0 amide bonds. The van der Waals surface area contributed by atoms with E-state index < -0.39 is 0 Å². The third kappa shape index (κ3) is 4.11. The Labute approximate surface area is 120 Å². The molecule has 0 N–H and O–H groups in total. The first kappa shape index (κ1) is 14.1. The maximum atomic E-state index is 8.73. The lowest BCUT2D eigenvalue weighted by atomic mass is 10.1.